The van der Waals surface area contributed by atoms with Crippen LogP contribution < -0.4 is 10.6 Å². The molecule has 0 saturated carbocycles. The molecule has 0 bridgehead atoms. The van der Waals surface area contributed by atoms with Gasteiger partial charge in [0.1, 0.15) is 6.04 Å². The van der Waals surface area contributed by atoms with Gasteiger partial charge in [-0.25, -0.2) is 0 Å². The molecule has 0 aromatic heterocycles. The van der Waals surface area contributed by atoms with E-state index in [1.807, 2.05) is 25.1 Å². The van der Waals surface area contributed by atoms with Gasteiger partial charge < -0.3 is 10.6 Å². The molecule has 0 radical (unpaired) electrons. The summed E-state index contributed by atoms with van der Waals surface area (Å²) in [7, 11) is 0. The summed E-state index contributed by atoms with van der Waals surface area (Å²) in [4.78, 5) is 24.7. The van der Waals surface area contributed by atoms with Gasteiger partial charge in [0.2, 0.25) is 5.91 Å². The summed E-state index contributed by atoms with van der Waals surface area (Å²) in [6, 6.07) is 12.1. The summed E-state index contributed by atoms with van der Waals surface area (Å²) in [6.07, 6.45) is 0. The Kier molecular flexibility index (Phi) is 6.09. The first kappa shape index (κ1) is 20.0. The van der Waals surface area contributed by atoms with Crippen molar-refractivity contribution < 1.29 is 9.59 Å². The number of carbonyl (C=O) groups excluding carboxylic acids is 2. The fourth-order valence-corrected chi connectivity index (χ4v) is 2.71. The molecule has 0 aliphatic rings. The number of aryl methyl sites for hydroxylation is 1. The van der Waals surface area contributed by atoms with Gasteiger partial charge in [-0.15, -0.1) is 0 Å². The maximum atomic E-state index is 12.4. The van der Waals surface area contributed by atoms with Gasteiger partial charge in [-0.3, -0.25) is 9.59 Å². The van der Waals surface area contributed by atoms with Crippen LogP contribution in [-0.2, 0) is 10.2 Å². The molecule has 2 N–H and O–H groups in total. The van der Waals surface area contributed by atoms with E-state index in [1.54, 1.807) is 31.2 Å². The first-order valence-corrected chi connectivity index (χ1v) is 8.94. The minimum Gasteiger partial charge on any atom is -0.341 e. The molecule has 0 spiro atoms. The zero-order chi connectivity index (χ0) is 19.5. The van der Waals surface area contributed by atoms with E-state index in [0.717, 1.165) is 11.1 Å². The summed E-state index contributed by atoms with van der Waals surface area (Å²) in [5.41, 5.74) is 3.22. The van der Waals surface area contributed by atoms with E-state index in [1.165, 1.54) is 0 Å². The molecular formula is C21H25ClN2O2. The Morgan fingerprint density at radius 1 is 1.04 bits per heavy atom. The second-order valence-electron chi connectivity index (χ2n) is 7.50. The van der Waals surface area contributed by atoms with Crippen LogP contribution in [0.1, 0.15) is 49.2 Å². The van der Waals surface area contributed by atoms with Gasteiger partial charge in [-0.1, -0.05) is 50.6 Å². The Bertz CT molecular complexity index is 808. The third-order valence-electron chi connectivity index (χ3n) is 4.14. The Morgan fingerprint density at radius 3 is 2.19 bits per heavy atom. The van der Waals surface area contributed by atoms with Crippen molar-refractivity contribution >= 4 is 29.1 Å². The predicted molar refractivity (Wildman–Crippen MR) is 107 cm³/mol. The van der Waals surface area contributed by atoms with Gasteiger partial charge in [-0.05, 0) is 54.7 Å². The van der Waals surface area contributed by atoms with Crippen LogP contribution in [0.4, 0.5) is 5.69 Å². The average molecular weight is 373 g/mol. The SMILES string of the molecule is Cc1ccc(NC(=O)C(C)NC(=O)c2ccc(C(C)(C)C)cc2)c(Cl)c1. The van der Waals surface area contributed by atoms with Crippen molar-refractivity contribution in [1.29, 1.82) is 0 Å². The maximum absolute atomic E-state index is 12.4. The van der Waals surface area contributed by atoms with Crippen LogP contribution >= 0.6 is 11.6 Å². The zero-order valence-electron chi connectivity index (χ0n) is 15.8. The second-order valence-corrected chi connectivity index (χ2v) is 7.90. The lowest BCUT2D eigenvalue weighted by Crippen LogP contribution is -2.41. The lowest BCUT2D eigenvalue weighted by atomic mass is 9.86. The molecule has 1 atom stereocenters. The molecule has 0 heterocycles. The van der Waals surface area contributed by atoms with Gasteiger partial charge in [0.15, 0.2) is 0 Å². The van der Waals surface area contributed by atoms with Crippen molar-refractivity contribution in [2.24, 2.45) is 0 Å². The summed E-state index contributed by atoms with van der Waals surface area (Å²) >= 11 is 6.13. The molecule has 2 aromatic rings. The standard InChI is InChI=1S/C21H25ClN2O2/c1-13-6-11-18(17(22)12-13)24-19(25)14(2)23-20(26)15-7-9-16(10-8-15)21(3,4)5/h6-12,14H,1-5H3,(H,23,26)(H,24,25). The van der Waals surface area contributed by atoms with Gasteiger partial charge in [0.05, 0.1) is 10.7 Å². The van der Waals surface area contributed by atoms with Crippen molar-refractivity contribution in [2.75, 3.05) is 5.32 Å². The molecular weight excluding hydrogens is 348 g/mol. The van der Waals surface area contributed by atoms with Crippen molar-refractivity contribution in [1.82, 2.24) is 5.32 Å². The molecule has 2 rings (SSSR count). The highest BCUT2D eigenvalue weighted by Crippen LogP contribution is 2.23. The number of hydrogen-bond acceptors (Lipinski definition) is 2. The minimum atomic E-state index is -0.692. The van der Waals surface area contributed by atoms with E-state index in [0.29, 0.717) is 16.3 Å². The number of amides is 2. The van der Waals surface area contributed by atoms with Crippen LogP contribution in [0.2, 0.25) is 5.02 Å². The van der Waals surface area contributed by atoms with Crippen LogP contribution in [-0.4, -0.2) is 17.9 Å². The fourth-order valence-electron chi connectivity index (χ4n) is 2.43. The molecule has 1 unspecified atom stereocenters. The van der Waals surface area contributed by atoms with E-state index in [4.69, 9.17) is 11.6 Å². The van der Waals surface area contributed by atoms with Crippen LogP contribution in [0.5, 0.6) is 0 Å². The second kappa shape index (κ2) is 7.92. The van der Waals surface area contributed by atoms with Gasteiger partial charge in [0.25, 0.3) is 5.91 Å². The highest BCUT2D eigenvalue weighted by atomic mass is 35.5. The highest BCUT2D eigenvalue weighted by molar-refractivity contribution is 6.33. The first-order chi connectivity index (χ1) is 12.1. The lowest BCUT2D eigenvalue weighted by Gasteiger charge is -2.19. The highest BCUT2D eigenvalue weighted by Gasteiger charge is 2.19. The predicted octanol–water partition coefficient (Wildman–Crippen LogP) is 4.70. The Balaban J connectivity index is 2.00. The number of hydrogen-bond donors (Lipinski definition) is 2. The molecule has 0 aliphatic heterocycles. The third kappa shape index (κ3) is 5.09. The molecule has 138 valence electrons. The van der Waals surface area contributed by atoms with E-state index >= 15 is 0 Å². The van der Waals surface area contributed by atoms with Gasteiger partial charge in [-0.2, -0.15) is 0 Å². The average Bonchev–Trinajstić information content (AvgIpc) is 2.56. The van der Waals surface area contributed by atoms with Crippen molar-refractivity contribution in [2.45, 2.75) is 46.1 Å². The Morgan fingerprint density at radius 2 is 1.65 bits per heavy atom. The Hall–Kier alpha value is -2.33. The van der Waals surface area contributed by atoms with Gasteiger partial charge in [0, 0.05) is 5.56 Å². The summed E-state index contributed by atoms with van der Waals surface area (Å²) in [5.74, 6) is -0.612. The van der Waals surface area contributed by atoms with Crippen LogP contribution in [0.25, 0.3) is 0 Å². The normalized spacial score (nSPS) is 12.4. The largest absolute Gasteiger partial charge is 0.341 e. The maximum Gasteiger partial charge on any atom is 0.251 e. The molecule has 4 nitrogen and oxygen atoms in total. The molecule has 0 fully saturated rings. The summed E-state index contributed by atoms with van der Waals surface area (Å²) in [6.45, 7) is 9.91. The first-order valence-electron chi connectivity index (χ1n) is 8.56. The minimum absolute atomic E-state index is 0.0233. The zero-order valence-corrected chi connectivity index (χ0v) is 16.6. The van der Waals surface area contributed by atoms with Crippen LogP contribution in [0, 0.1) is 6.92 Å². The van der Waals surface area contributed by atoms with E-state index in [2.05, 4.69) is 31.4 Å². The number of benzene rings is 2. The summed E-state index contributed by atoms with van der Waals surface area (Å²) in [5, 5.41) is 5.92. The quantitative estimate of drug-likeness (QED) is 0.817. The molecule has 0 aliphatic carbocycles. The number of nitrogens with one attached hydrogen (secondary N) is 2. The van der Waals surface area contributed by atoms with Gasteiger partial charge >= 0.3 is 0 Å². The van der Waals surface area contributed by atoms with Crippen LogP contribution in [0.15, 0.2) is 42.5 Å². The Labute approximate surface area is 159 Å². The van der Waals surface area contributed by atoms with E-state index in [-0.39, 0.29) is 17.2 Å². The fraction of sp³-hybridized carbons (Fsp3) is 0.333. The number of halogens is 1. The van der Waals surface area contributed by atoms with Crippen LogP contribution in [0.3, 0.4) is 0 Å². The molecule has 2 amide bonds. The van der Waals surface area contributed by atoms with Crippen molar-refractivity contribution in [3.63, 3.8) is 0 Å². The molecule has 26 heavy (non-hydrogen) atoms. The smallest absolute Gasteiger partial charge is 0.251 e. The van der Waals surface area contributed by atoms with Crippen molar-refractivity contribution in [3.05, 3.63) is 64.2 Å². The number of rotatable bonds is 4. The third-order valence-corrected chi connectivity index (χ3v) is 4.45. The van der Waals surface area contributed by atoms with E-state index < -0.39 is 6.04 Å². The number of anilines is 1. The topological polar surface area (TPSA) is 58.2 Å². The molecule has 2 aromatic carbocycles. The summed E-state index contributed by atoms with van der Waals surface area (Å²) < 4.78 is 0. The molecule has 0 saturated heterocycles. The van der Waals surface area contributed by atoms with Crippen molar-refractivity contribution in [3.8, 4) is 0 Å². The number of carbonyl (C=O) groups is 2. The lowest BCUT2D eigenvalue weighted by molar-refractivity contribution is -0.117. The molecule has 5 heteroatoms. The monoisotopic (exact) mass is 372 g/mol. The van der Waals surface area contributed by atoms with E-state index in [9.17, 15) is 9.59 Å².